The molecule has 1 N–H and O–H groups in total. The first-order valence-corrected chi connectivity index (χ1v) is 11.6. The van der Waals surface area contributed by atoms with Crippen LogP contribution in [0.4, 0.5) is 5.82 Å². The van der Waals surface area contributed by atoms with E-state index in [1.165, 1.54) is 37.7 Å². The van der Waals surface area contributed by atoms with Crippen molar-refractivity contribution in [2.24, 2.45) is 0 Å². The Bertz CT molecular complexity index is 876. The lowest BCUT2D eigenvalue weighted by atomic mass is 9.83. The van der Waals surface area contributed by atoms with Crippen molar-refractivity contribution in [3.63, 3.8) is 0 Å². The van der Waals surface area contributed by atoms with E-state index in [0.717, 1.165) is 61.9 Å². The predicted octanol–water partition coefficient (Wildman–Crippen LogP) is 4.92. The number of pyridine rings is 2. The Kier molecular flexibility index (Phi) is 6.53. The van der Waals surface area contributed by atoms with Crippen molar-refractivity contribution in [1.29, 1.82) is 0 Å². The molecule has 29 heavy (non-hydrogen) atoms. The average Bonchev–Trinajstić information content (AvgIpc) is 2.76. The van der Waals surface area contributed by atoms with Crippen LogP contribution < -0.4 is 10.9 Å². The van der Waals surface area contributed by atoms with Gasteiger partial charge in [0.1, 0.15) is 5.82 Å². The van der Waals surface area contributed by atoms with E-state index in [-0.39, 0.29) is 5.56 Å². The molecule has 1 aliphatic heterocycles. The Morgan fingerprint density at radius 2 is 1.86 bits per heavy atom. The third kappa shape index (κ3) is 4.50. The quantitative estimate of drug-likeness (QED) is 0.704. The summed E-state index contributed by atoms with van der Waals surface area (Å²) in [6, 6.07) is 2.45. The molecule has 0 aromatic carbocycles. The molecule has 2 aliphatic rings. The van der Waals surface area contributed by atoms with E-state index < -0.39 is 0 Å². The van der Waals surface area contributed by atoms with Crippen molar-refractivity contribution in [2.75, 3.05) is 32.0 Å². The zero-order chi connectivity index (χ0) is 20.2. The summed E-state index contributed by atoms with van der Waals surface area (Å²) in [5.41, 5.74) is 1.51. The standard InChI is InChI=1S/C24H36N4O/c1-3-4-12-25-23-15-20-21(16-26-23)24(29)28(19-10-13-27(2)14-11-19)17-22(20)18-8-6-5-7-9-18/h15-19H,3-14H2,1-2H3,(H,25,26). The van der Waals surface area contributed by atoms with Crippen LogP contribution in [0.15, 0.2) is 23.3 Å². The first-order valence-electron chi connectivity index (χ1n) is 11.6. The molecule has 158 valence electrons. The van der Waals surface area contributed by atoms with Gasteiger partial charge in [0.05, 0.1) is 5.39 Å². The second-order valence-electron chi connectivity index (χ2n) is 9.06. The summed E-state index contributed by atoms with van der Waals surface area (Å²) < 4.78 is 2.06. The molecule has 0 atom stereocenters. The summed E-state index contributed by atoms with van der Waals surface area (Å²) in [4.78, 5) is 20.4. The van der Waals surface area contributed by atoms with Crippen molar-refractivity contribution in [1.82, 2.24) is 14.5 Å². The second-order valence-corrected chi connectivity index (χ2v) is 9.06. The highest BCUT2D eigenvalue weighted by Gasteiger charge is 2.24. The van der Waals surface area contributed by atoms with E-state index in [9.17, 15) is 4.79 Å². The van der Waals surface area contributed by atoms with E-state index in [2.05, 4.69) is 46.0 Å². The highest BCUT2D eigenvalue weighted by molar-refractivity contribution is 5.86. The molecular formula is C24H36N4O. The number of hydrogen-bond donors (Lipinski definition) is 1. The van der Waals surface area contributed by atoms with Crippen molar-refractivity contribution >= 4 is 16.6 Å². The molecule has 0 unspecified atom stereocenters. The number of fused-ring (bicyclic) bond motifs is 1. The zero-order valence-corrected chi connectivity index (χ0v) is 18.1. The van der Waals surface area contributed by atoms with Gasteiger partial charge < -0.3 is 14.8 Å². The van der Waals surface area contributed by atoms with Gasteiger partial charge >= 0.3 is 0 Å². The number of aromatic nitrogens is 2. The van der Waals surface area contributed by atoms with Crippen molar-refractivity contribution in [2.45, 2.75) is 76.7 Å². The van der Waals surface area contributed by atoms with E-state index in [1.807, 2.05) is 6.20 Å². The molecule has 1 aliphatic carbocycles. The lowest BCUT2D eigenvalue weighted by Crippen LogP contribution is -2.35. The maximum Gasteiger partial charge on any atom is 0.260 e. The molecular weight excluding hydrogens is 360 g/mol. The van der Waals surface area contributed by atoms with Gasteiger partial charge in [0.25, 0.3) is 5.56 Å². The van der Waals surface area contributed by atoms with Gasteiger partial charge in [0.15, 0.2) is 0 Å². The molecule has 3 heterocycles. The molecule has 1 saturated carbocycles. The average molecular weight is 397 g/mol. The first kappa shape index (κ1) is 20.4. The Morgan fingerprint density at radius 3 is 2.59 bits per heavy atom. The monoisotopic (exact) mass is 396 g/mol. The van der Waals surface area contributed by atoms with Gasteiger partial charge in [-0.3, -0.25) is 4.79 Å². The van der Waals surface area contributed by atoms with Gasteiger partial charge in [-0.2, -0.15) is 0 Å². The highest BCUT2D eigenvalue weighted by Crippen LogP contribution is 2.37. The van der Waals surface area contributed by atoms with Crippen LogP contribution in [-0.4, -0.2) is 41.1 Å². The topological polar surface area (TPSA) is 50.2 Å². The number of unbranched alkanes of at least 4 members (excludes halogenated alkanes) is 1. The summed E-state index contributed by atoms with van der Waals surface area (Å²) in [6.07, 6.45) is 14.9. The fourth-order valence-corrected chi connectivity index (χ4v) is 5.05. The lowest BCUT2D eigenvalue weighted by Gasteiger charge is -2.32. The summed E-state index contributed by atoms with van der Waals surface area (Å²) in [7, 11) is 2.17. The van der Waals surface area contributed by atoms with E-state index >= 15 is 0 Å². The van der Waals surface area contributed by atoms with Crippen LogP contribution in [0.1, 0.15) is 82.2 Å². The normalized spacial score (nSPS) is 19.7. The van der Waals surface area contributed by atoms with Crippen molar-refractivity contribution < 1.29 is 0 Å². The van der Waals surface area contributed by atoms with Gasteiger partial charge in [-0.15, -0.1) is 0 Å². The fraction of sp³-hybridized carbons (Fsp3) is 0.667. The van der Waals surface area contributed by atoms with Gasteiger partial charge in [0.2, 0.25) is 0 Å². The minimum Gasteiger partial charge on any atom is -0.370 e. The molecule has 0 spiro atoms. The molecule has 5 nitrogen and oxygen atoms in total. The zero-order valence-electron chi connectivity index (χ0n) is 18.1. The lowest BCUT2D eigenvalue weighted by molar-refractivity contribution is 0.218. The number of nitrogens with one attached hydrogen (secondary N) is 1. The first-order chi connectivity index (χ1) is 14.2. The summed E-state index contributed by atoms with van der Waals surface area (Å²) >= 11 is 0. The van der Waals surface area contributed by atoms with Crippen LogP contribution in [-0.2, 0) is 0 Å². The Morgan fingerprint density at radius 1 is 1.10 bits per heavy atom. The van der Waals surface area contributed by atoms with Crippen LogP contribution >= 0.6 is 0 Å². The summed E-state index contributed by atoms with van der Waals surface area (Å²) in [5.74, 6) is 1.47. The molecule has 0 radical (unpaired) electrons. The molecule has 2 aromatic rings. The molecule has 4 rings (SSSR count). The maximum atomic E-state index is 13.4. The number of nitrogens with zero attached hydrogens (tertiary/aromatic N) is 3. The third-order valence-corrected chi connectivity index (χ3v) is 6.92. The van der Waals surface area contributed by atoms with Gasteiger partial charge in [-0.1, -0.05) is 32.6 Å². The second kappa shape index (κ2) is 9.29. The highest BCUT2D eigenvalue weighted by atomic mass is 16.1. The van der Waals surface area contributed by atoms with Crippen LogP contribution in [0.25, 0.3) is 10.8 Å². The smallest absolute Gasteiger partial charge is 0.260 e. The molecule has 1 saturated heterocycles. The number of rotatable bonds is 6. The Hall–Kier alpha value is -1.88. The van der Waals surface area contributed by atoms with Crippen LogP contribution in [0.5, 0.6) is 0 Å². The third-order valence-electron chi connectivity index (χ3n) is 6.92. The minimum absolute atomic E-state index is 0.140. The molecule has 2 aromatic heterocycles. The number of anilines is 1. The Balaban J connectivity index is 1.76. The van der Waals surface area contributed by atoms with Crippen LogP contribution in [0, 0.1) is 0 Å². The van der Waals surface area contributed by atoms with Gasteiger partial charge in [0, 0.05) is 25.0 Å². The number of hydrogen-bond acceptors (Lipinski definition) is 4. The predicted molar refractivity (Wildman–Crippen MR) is 121 cm³/mol. The molecule has 2 fully saturated rings. The number of likely N-dealkylation sites (tertiary alicyclic amines) is 1. The van der Waals surface area contributed by atoms with Gasteiger partial charge in [-0.05, 0) is 75.2 Å². The maximum absolute atomic E-state index is 13.4. The van der Waals surface area contributed by atoms with E-state index in [1.54, 1.807) is 0 Å². The van der Waals surface area contributed by atoms with Crippen molar-refractivity contribution in [3.8, 4) is 0 Å². The molecule has 0 bridgehead atoms. The molecule has 0 amide bonds. The van der Waals surface area contributed by atoms with E-state index in [4.69, 9.17) is 0 Å². The summed E-state index contributed by atoms with van der Waals surface area (Å²) in [6.45, 7) is 5.25. The molecule has 5 heteroatoms. The van der Waals surface area contributed by atoms with Gasteiger partial charge in [-0.25, -0.2) is 4.98 Å². The number of piperidine rings is 1. The van der Waals surface area contributed by atoms with Crippen LogP contribution in [0.2, 0.25) is 0 Å². The van der Waals surface area contributed by atoms with E-state index in [0.29, 0.717) is 12.0 Å². The van der Waals surface area contributed by atoms with Crippen LogP contribution in [0.3, 0.4) is 0 Å². The largest absolute Gasteiger partial charge is 0.370 e. The van der Waals surface area contributed by atoms with Crippen molar-refractivity contribution in [3.05, 3.63) is 34.4 Å². The SMILES string of the molecule is CCCCNc1cc2c(C3CCCCC3)cn(C3CCN(C)CC3)c(=O)c2cn1. The summed E-state index contributed by atoms with van der Waals surface area (Å²) in [5, 5.41) is 5.37. The Labute approximate surface area is 174 Å². The fourth-order valence-electron chi connectivity index (χ4n) is 5.05. The minimum atomic E-state index is 0.140.